The Labute approximate surface area is 152 Å². The summed E-state index contributed by atoms with van der Waals surface area (Å²) in [6.07, 6.45) is 4.03. The Balaban J connectivity index is 0.000000648. The van der Waals surface area contributed by atoms with Gasteiger partial charge >= 0.3 is 0 Å². The molecule has 2 unspecified atom stereocenters. The van der Waals surface area contributed by atoms with Crippen LogP contribution in [0.25, 0.3) is 0 Å². The largest absolute Gasteiger partial charge is 0.369 e. The fourth-order valence-electron chi connectivity index (χ4n) is 2.30. The Morgan fingerprint density at radius 1 is 1.58 bits per heavy atom. The lowest BCUT2D eigenvalue weighted by Gasteiger charge is -2.37. The normalized spacial score (nSPS) is 22.3. The van der Waals surface area contributed by atoms with Crippen LogP contribution >= 0.6 is 25.3 Å². The third kappa shape index (κ3) is 6.92. The Morgan fingerprint density at radius 3 is 2.83 bits per heavy atom. The smallest absolute Gasteiger partial charge is 0.278 e. The number of nitrogens with two attached hydrogens (primary N) is 1. The predicted octanol–water partition coefficient (Wildman–Crippen LogP) is 0.914. The second-order valence-electron chi connectivity index (χ2n) is 5.20. The minimum atomic E-state index is -0.639. The lowest BCUT2D eigenvalue weighted by atomic mass is 10.1. The first kappa shape index (κ1) is 20.5. The molecule has 2 atom stereocenters. The molecule has 0 bridgehead atoms. The van der Waals surface area contributed by atoms with Gasteiger partial charge < -0.3 is 15.4 Å². The number of dihydropyridines is 1. The summed E-state index contributed by atoms with van der Waals surface area (Å²) in [6, 6.07) is 2.03. The third-order valence-electron chi connectivity index (χ3n) is 3.41. The predicted molar refractivity (Wildman–Crippen MR) is 97.5 cm³/mol. The van der Waals surface area contributed by atoms with Crippen molar-refractivity contribution in [3.63, 3.8) is 0 Å². The number of primary amides is 1. The quantitative estimate of drug-likeness (QED) is 0.636. The number of nitriles is 1. The molecule has 2 amide bonds. The molecular weight excluding hydrogens is 350 g/mol. The van der Waals surface area contributed by atoms with Crippen LogP contribution < -0.4 is 5.73 Å². The summed E-state index contributed by atoms with van der Waals surface area (Å²) in [6.45, 7) is 2.33. The average molecular weight is 371 g/mol. The van der Waals surface area contributed by atoms with Gasteiger partial charge in [-0.1, -0.05) is 25.3 Å². The van der Waals surface area contributed by atoms with Gasteiger partial charge in [0.25, 0.3) is 10.5 Å². The number of carbonyl (C=O) groups is 2. The van der Waals surface area contributed by atoms with Gasteiger partial charge in [-0.3, -0.25) is 19.5 Å². The van der Waals surface area contributed by atoms with Crippen LogP contribution in [0.3, 0.4) is 0 Å². The van der Waals surface area contributed by atoms with Crippen LogP contribution in [0.15, 0.2) is 16.6 Å². The van der Waals surface area contributed by atoms with Crippen molar-refractivity contribution in [2.24, 2.45) is 10.7 Å². The number of nitrogens with zero attached hydrogens (tertiary/aromatic N) is 4. The van der Waals surface area contributed by atoms with E-state index in [-0.39, 0.29) is 17.5 Å². The van der Waals surface area contributed by atoms with Gasteiger partial charge in [-0.2, -0.15) is 5.26 Å². The van der Waals surface area contributed by atoms with Crippen molar-refractivity contribution in [1.82, 2.24) is 9.80 Å². The summed E-state index contributed by atoms with van der Waals surface area (Å²) in [5.41, 5.74) is 5.25. The number of hydrogen-bond acceptors (Lipinski definition) is 6. The number of hydrogen-bond donors (Lipinski definition) is 3. The number of amides is 2. The third-order valence-corrected chi connectivity index (χ3v) is 3.69. The van der Waals surface area contributed by atoms with Crippen LogP contribution in [-0.2, 0) is 4.74 Å². The highest BCUT2D eigenvalue weighted by atomic mass is 32.1. The molecule has 2 aliphatic heterocycles. The van der Waals surface area contributed by atoms with Crippen molar-refractivity contribution in [3.05, 3.63) is 11.6 Å². The van der Waals surface area contributed by atoms with Crippen LogP contribution in [0.4, 0.5) is 9.59 Å². The lowest BCUT2D eigenvalue weighted by molar-refractivity contribution is -0.0343. The molecule has 1 fully saturated rings. The molecule has 0 aromatic rings. The molecule has 2 heterocycles. The van der Waals surface area contributed by atoms with Crippen LogP contribution in [-0.4, -0.2) is 72.1 Å². The lowest BCUT2D eigenvalue weighted by Crippen LogP contribution is -2.49. The molecule has 8 nitrogen and oxygen atoms in total. The number of fused-ring (bicyclic) bond motifs is 1. The molecule has 0 aliphatic carbocycles. The Morgan fingerprint density at radius 2 is 2.25 bits per heavy atom. The molecule has 2 aliphatic rings. The highest BCUT2D eigenvalue weighted by Crippen LogP contribution is 2.20. The van der Waals surface area contributed by atoms with Crippen molar-refractivity contribution in [1.29, 1.82) is 5.26 Å². The number of morpholine rings is 1. The van der Waals surface area contributed by atoms with Crippen LogP contribution in [0.5, 0.6) is 0 Å². The second kappa shape index (κ2) is 10.4. The maximum absolute atomic E-state index is 11.4. The molecule has 24 heavy (non-hydrogen) atoms. The molecular formula is C14H21N5O3S2. The first-order valence-electron chi connectivity index (χ1n) is 7.24. The van der Waals surface area contributed by atoms with Crippen molar-refractivity contribution >= 4 is 42.0 Å². The average Bonchev–Trinajstić information content (AvgIpc) is 2.50. The molecule has 0 radical (unpaired) electrons. The number of likely N-dealkylation sites (N-methyl/N-ethyl adjacent to an activating group) is 1. The highest BCUT2D eigenvalue weighted by molar-refractivity contribution is 7.96. The van der Waals surface area contributed by atoms with Gasteiger partial charge in [-0.15, -0.1) is 0 Å². The standard InChI is InChI=1S/C13H18N4O2S.CH3NOS/c1-16-5-6-19-11-7-10(8-15-12(11)16)9-17(13(18)20)4-2-3-14;2-1(3)4/h7-8,11-12H,2,4-6,9H2,1H3,(H,18,20);(H3,2,3,4). The molecule has 0 spiro atoms. The molecule has 1 saturated heterocycles. The van der Waals surface area contributed by atoms with E-state index >= 15 is 0 Å². The summed E-state index contributed by atoms with van der Waals surface area (Å²) in [5, 5.41) is 7.63. The Kier molecular flexibility index (Phi) is 8.84. The number of aliphatic imine (C=N–C) groups is 1. The van der Waals surface area contributed by atoms with Crippen LogP contribution in [0, 0.1) is 11.3 Å². The van der Waals surface area contributed by atoms with Crippen molar-refractivity contribution in [2.45, 2.75) is 18.7 Å². The summed E-state index contributed by atoms with van der Waals surface area (Å²) in [5.74, 6) is 0. The maximum Gasteiger partial charge on any atom is 0.278 e. The Bertz CT molecular complexity index is 557. The second-order valence-corrected chi connectivity index (χ2v) is 6.02. The van der Waals surface area contributed by atoms with E-state index in [4.69, 9.17) is 14.8 Å². The zero-order valence-corrected chi connectivity index (χ0v) is 15.1. The highest BCUT2D eigenvalue weighted by Gasteiger charge is 2.30. The van der Waals surface area contributed by atoms with Gasteiger partial charge in [0.1, 0.15) is 12.3 Å². The minimum absolute atomic E-state index is 0.0201. The molecule has 132 valence electrons. The number of carbonyl (C=O) groups excluding carboxylic acids is 2. The molecule has 0 saturated carbocycles. The van der Waals surface area contributed by atoms with Gasteiger partial charge in [-0.05, 0) is 18.7 Å². The fourth-order valence-corrected chi connectivity index (χ4v) is 2.47. The summed E-state index contributed by atoms with van der Waals surface area (Å²) in [7, 11) is 2.02. The molecule has 2 N–H and O–H groups in total. The van der Waals surface area contributed by atoms with E-state index in [0.717, 1.165) is 12.1 Å². The molecule has 0 aromatic carbocycles. The summed E-state index contributed by atoms with van der Waals surface area (Å²) < 4.78 is 5.70. The van der Waals surface area contributed by atoms with Gasteiger partial charge in [0.05, 0.1) is 19.1 Å². The molecule has 10 heteroatoms. The number of ether oxygens (including phenoxy) is 1. The van der Waals surface area contributed by atoms with Crippen molar-refractivity contribution in [3.8, 4) is 6.07 Å². The molecule has 0 aromatic heterocycles. The summed E-state index contributed by atoms with van der Waals surface area (Å²) in [4.78, 5) is 28.7. The van der Waals surface area contributed by atoms with Gasteiger partial charge in [0, 0.05) is 25.8 Å². The topological polar surface area (TPSA) is 112 Å². The van der Waals surface area contributed by atoms with E-state index in [1.165, 1.54) is 4.90 Å². The zero-order valence-electron chi connectivity index (χ0n) is 13.3. The van der Waals surface area contributed by atoms with E-state index in [9.17, 15) is 4.79 Å². The molecule has 2 rings (SSSR count). The maximum atomic E-state index is 11.4. The first-order valence-corrected chi connectivity index (χ1v) is 8.13. The SMILES string of the molecule is CN1CCOC2C=C(CN(CCC#N)C(=O)S)C=NC21.NC(=O)S. The Hall–Kier alpha value is -1.54. The minimum Gasteiger partial charge on any atom is -0.369 e. The van der Waals surface area contributed by atoms with Crippen LogP contribution in [0.1, 0.15) is 6.42 Å². The van der Waals surface area contributed by atoms with Crippen molar-refractivity contribution in [2.75, 3.05) is 33.3 Å². The monoisotopic (exact) mass is 371 g/mol. The van der Waals surface area contributed by atoms with Crippen molar-refractivity contribution < 1.29 is 14.3 Å². The summed E-state index contributed by atoms with van der Waals surface area (Å²) >= 11 is 6.94. The van der Waals surface area contributed by atoms with Gasteiger partial charge in [0.2, 0.25) is 0 Å². The van der Waals surface area contributed by atoms with E-state index in [1.807, 2.05) is 19.2 Å². The number of rotatable bonds is 4. The first-order chi connectivity index (χ1) is 11.3. The van der Waals surface area contributed by atoms with Crippen LogP contribution in [0.2, 0.25) is 0 Å². The van der Waals surface area contributed by atoms with E-state index in [1.54, 1.807) is 6.21 Å². The van der Waals surface area contributed by atoms with E-state index in [2.05, 4.69) is 40.9 Å². The number of thiol groups is 2. The fraction of sp³-hybridized carbons (Fsp3) is 0.571. The van der Waals surface area contributed by atoms with E-state index in [0.29, 0.717) is 26.1 Å². The van der Waals surface area contributed by atoms with Gasteiger partial charge in [-0.25, -0.2) is 0 Å². The zero-order chi connectivity index (χ0) is 18.1. The van der Waals surface area contributed by atoms with E-state index < -0.39 is 5.24 Å². The van der Waals surface area contributed by atoms with Gasteiger partial charge in [0.15, 0.2) is 0 Å².